The van der Waals surface area contributed by atoms with Crippen LogP contribution in [-0.2, 0) is 6.54 Å². The van der Waals surface area contributed by atoms with E-state index in [4.69, 9.17) is 27.9 Å². The Hall–Kier alpha value is -1.65. The van der Waals surface area contributed by atoms with Gasteiger partial charge in [0.1, 0.15) is 11.9 Å². The van der Waals surface area contributed by atoms with Crippen LogP contribution in [0.3, 0.4) is 0 Å². The Morgan fingerprint density at radius 1 is 1.33 bits per heavy atom. The maximum absolute atomic E-state index is 6.57. The average Bonchev–Trinajstić information content (AvgIpc) is 3.09. The number of rotatable bonds is 6. The lowest BCUT2D eigenvalue weighted by molar-refractivity contribution is 0.181. The molecule has 1 aliphatic carbocycles. The highest BCUT2D eigenvalue weighted by molar-refractivity contribution is 6.30. The summed E-state index contributed by atoms with van der Waals surface area (Å²) in [7, 11) is 0. The molecular formula is C18H21Cl2N3O. The van der Waals surface area contributed by atoms with Crippen molar-refractivity contribution in [1.82, 2.24) is 14.9 Å². The molecule has 24 heavy (non-hydrogen) atoms. The average molecular weight is 366 g/mol. The van der Waals surface area contributed by atoms with Crippen LogP contribution in [-0.4, -0.2) is 32.9 Å². The Balaban J connectivity index is 1.64. The molecule has 2 unspecified atom stereocenters. The number of alkyl halides is 1. The summed E-state index contributed by atoms with van der Waals surface area (Å²) in [5.74, 6) is 0.803. The van der Waals surface area contributed by atoms with Gasteiger partial charge in [0.25, 0.3) is 0 Å². The lowest BCUT2D eigenvalue weighted by atomic mass is 10.00. The van der Waals surface area contributed by atoms with Crippen LogP contribution in [0, 0.1) is 0 Å². The molecule has 0 fully saturated rings. The maximum atomic E-state index is 6.57. The van der Waals surface area contributed by atoms with E-state index >= 15 is 0 Å². The standard InChI is InChI=1S/C18H21Cl2N3O/c1-2-23(11-14-10-21-12-22-14)15-5-8-18(17(20)9-15)24-16-6-3-13(19)4-7-16/h3-4,6-7,9-10,12,17-18H,2,5,8,11H2,1H3,(H,21,22). The predicted molar refractivity (Wildman–Crippen MR) is 97.5 cm³/mol. The van der Waals surface area contributed by atoms with E-state index in [1.807, 2.05) is 30.5 Å². The zero-order valence-electron chi connectivity index (χ0n) is 13.6. The topological polar surface area (TPSA) is 41.2 Å². The monoisotopic (exact) mass is 365 g/mol. The van der Waals surface area contributed by atoms with Crippen LogP contribution in [0.1, 0.15) is 25.5 Å². The number of aromatic amines is 1. The number of nitrogens with zero attached hydrogens (tertiary/aromatic N) is 2. The summed E-state index contributed by atoms with van der Waals surface area (Å²) in [6.45, 7) is 3.89. The van der Waals surface area contributed by atoms with Gasteiger partial charge in [-0.15, -0.1) is 11.6 Å². The second-order valence-electron chi connectivity index (χ2n) is 5.84. The van der Waals surface area contributed by atoms with Gasteiger partial charge >= 0.3 is 0 Å². The van der Waals surface area contributed by atoms with Gasteiger partial charge in [-0.3, -0.25) is 0 Å². The second-order valence-corrected chi connectivity index (χ2v) is 6.78. The van der Waals surface area contributed by atoms with Crippen molar-refractivity contribution >= 4 is 23.2 Å². The van der Waals surface area contributed by atoms with E-state index in [1.165, 1.54) is 5.70 Å². The molecular weight excluding hydrogens is 345 g/mol. The first-order valence-corrected chi connectivity index (χ1v) is 8.96. The van der Waals surface area contributed by atoms with Gasteiger partial charge in [-0.25, -0.2) is 4.98 Å². The van der Waals surface area contributed by atoms with Crippen LogP contribution in [0.2, 0.25) is 5.02 Å². The number of imidazole rings is 1. The minimum Gasteiger partial charge on any atom is -0.489 e. The summed E-state index contributed by atoms with van der Waals surface area (Å²) in [5, 5.41) is 0.549. The molecule has 6 heteroatoms. The lowest BCUT2D eigenvalue weighted by Crippen LogP contribution is -2.34. The summed E-state index contributed by atoms with van der Waals surface area (Å²) >= 11 is 12.5. The van der Waals surface area contributed by atoms with E-state index < -0.39 is 0 Å². The molecule has 1 N–H and O–H groups in total. The maximum Gasteiger partial charge on any atom is 0.119 e. The van der Waals surface area contributed by atoms with Crippen LogP contribution < -0.4 is 4.74 Å². The number of allylic oxidation sites excluding steroid dienone is 1. The van der Waals surface area contributed by atoms with E-state index in [0.29, 0.717) is 5.02 Å². The Kier molecular flexibility index (Phi) is 5.69. The fourth-order valence-electron chi connectivity index (χ4n) is 2.89. The Bertz CT molecular complexity index is 670. The van der Waals surface area contributed by atoms with Gasteiger partial charge in [0.2, 0.25) is 0 Å². The number of ether oxygens (including phenoxy) is 1. The van der Waals surface area contributed by atoms with Crippen molar-refractivity contribution in [3.63, 3.8) is 0 Å². The molecule has 0 saturated carbocycles. The third kappa shape index (κ3) is 4.25. The second kappa shape index (κ2) is 7.95. The molecule has 1 heterocycles. The van der Waals surface area contributed by atoms with Crippen molar-refractivity contribution in [2.45, 2.75) is 37.8 Å². The molecule has 1 aliphatic rings. The Labute approximate surface area is 152 Å². The molecule has 3 rings (SSSR count). The number of hydrogen-bond acceptors (Lipinski definition) is 3. The van der Waals surface area contributed by atoms with E-state index in [9.17, 15) is 0 Å². The smallest absolute Gasteiger partial charge is 0.119 e. The molecule has 1 aromatic heterocycles. The Morgan fingerprint density at radius 3 is 2.75 bits per heavy atom. The van der Waals surface area contributed by atoms with Crippen LogP contribution in [0.15, 0.2) is 48.6 Å². The number of hydrogen-bond donors (Lipinski definition) is 1. The van der Waals surface area contributed by atoms with E-state index in [1.54, 1.807) is 6.33 Å². The summed E-state index contributed by atoms with van der Waals surface area (Å²) in [5.41, 5.74) is 2.37. The molecule has 0 spiro atoms. The lowest BCUT2D eigenvalue weighted by Gasteiger charge is -2.33. The molecule has 4 nitrogen and oxygen atoms in total. The molecule has 2 atom stereocenters. The highest BCUT2D eigenvalue weighted by Crippen LogP contribution is 2.29. The molecule has 2 aromatic rings. The molecule has 0 bridgehead atoms. The molecule has 1 aromatic carbocycles. The predicted octanol–water partition coefficient (Wildman–Crippen LogP) is 4.62. The Morgan fingerprint density at radius 2 is 2.12 bits per heavy atom. The van der Waals surface area contributed by atoms with Gasteiger partial charge < -0.3 is 14.6 Å². The largest absolute Gasteiger partial charge is 0.489 e. The molecule has 0 aliphatic heterocycles. The highest BCUT2D eigenvalue weighted by Gasteiger charge is 2.26. The molecule has 128 valence electrons. The van der Waals surface area contributed by atoms with Crippen LogP contribution in [0.25, 0.3) is 0 Å². The minimum atomic E-state index is -0.153. The number of halogens is 2. The number of nitrogens with one attached hydrogen (secondary N) is 1. The normalized spacial score (nSPS) is 20.5. The van der Waals surface area contributed by atoms with Crippen molar-refractivity contribution in [2.75, 3.05) is 6.54 Å². The van der Waals surface area contributed by atoms with Crippen molar-refractivity contribution < 1.29 is 4.74 Å². The van der Waals surface area contributed by atoms with Crippen molar-refractivity contribution in [1.29, 1.82) is 0 Å². The van der Waals surface area contributed by atoms with Crippen molar-refractivity contribution in [3.05, 3.63) is 59.3 Å². The quantitative estimate of drug-likeness (QED) is 0.759. The first-order valence-electron chi connectivity index (χ1n) is 8.15. The summed E-state index contributed by atoms with van der Waals surface area (Å²) < 4.78 is 6.02. The summed E-state index contributed by atoms with van der Waals surface area (Å²) in [6, 6.07) is 7.41. The van der Waals surface area contributed by atoms with Gasteiger partial charge in [0.15, 0.2) is 0 Å². The molecule has 0 saturated heterocycles. The van der Waals surface area contributed by atoms with E-state index in [0.717, 1.165) is 37.4 Å². The fraction of sp³-hybridized carbons (Fsp3) is 0.389. The third-order valence-corrected chi connectivity index (χ3v) is 4.86. The summed E-state index contributed by atoms with van der Waals surface area (Å²) in [6.07, 6.45) is 7.49. The van der Waals surface area contributed by atoms with Crippen molar-refractivity contribution in [3.8, 4) is 5.75 Å². The SMILES string of the molecule is CCN(Cc1cnc[nH]1)C1=CC(Cl)C(Oc2ccc(Cl)cc2)CC1. The van der Waals surface area contributed by atoms with Crippen LogP contribution >= 0.6 is 23.2 Å². The zero-order chi connectivity index (χ0) is 16.9. The highest BCUT2D eigenvalue weighted by atomic mass is 35.5. The first-order chi connectivity index (χ1) is 11.7. The van der Waals surface area contributed by atoms with Gasteiger partial charge in [-0.1, -0.05) is 11.6 Å². The fourth-order valence-corrected chi connectivity index (χ4v) is 3.34. The molecule has 0 radical (unpaired) electrons. The first kappa shape index (κ1) is 17.2. The third-order valence-electron chi connectivity index (χ3n) is 4.20. The molecule has 0 amide bonds. The van der Waals surface area contributed by atoms with E-state index in [-0.39, 0.29) is 11.5 Å². The van der Waals surface area contributed by atoms with Gasteiger partial charge in [-0.05, 0) is 50.1 Å². The van der Waals surface area contributed by atoms with Gasteiger partial charge in [0.05, 0.1) is 23.9 Å². The van der Waals surface area contributed by atoms with Gasteiger partial charge in [0, 0.05) is 23.5 Å². The van der Waals surface area contributed by atoms with Crippen LogP contribution in [0.5, 0.6) is 5.75 Å². The van der Waals surface area contributed by atoms with Crippen molar-refractivity contribution in [2.24, 2.45) is 0 Å². The zero-order valence-corrected chi connectivity index (χ0v) is 15.1. The number of benzene rings is 1. The number of aromatic nitrogens is 2. The summed E-state index contributed by atoms with van der Waals surface area (Å²) in [4.78, 5) is 9.55. The van der Waals surface area contributed by atoms with Crippen LogP contribution in [0.4, 0.5) is 0 Å². The number of H-pyrrole nitrogens is 1. The minimum absolute atomic E-state index is 0.0255. The van der Waals surface area contributed by atoms with Gasteiger partial charge in [-0.2, -0.15) is 0 Å². The van der Waals surface area contributed by atoms with E-state index in [2.05, 4.69) is 27.9 Å².